The zero-order chi connectivity index (χ0) is 18.8. The molecule has 0 aliphatic rings. The molecule has 0 saturated heterocycles. The number of hydrogen-bond donors (Lipinski definition) is 3. The Balaban J connectivity index is 5.52. The topological polar surface area (TPSA) is 87.3 Å². The fraction of sp³-hybridized carbons (Fsp3) is 1.00. The molecular weight excluding hydrogens is 386 g/mol. The summed E-state index contributed by atoms with van der Waals surface area (Å²) in [7, 11) is -6.02. The third-order valence-electron chi connectivity index (χ3n) is 3.34. The molecule has 0 saturated carbocycles. The van der Waals surface area contributed by atoms with Gasteiger partial charge in [0.1, 0.15) is 33.0 Å². The first kappa shape index (κ1) is 24.7. The van der Waals surface area contributed by atoms with Crippen molar-refractivity contribution >= 4 is 43.5 Å². The van der Waals surface area contributed by atoms with Gasteiger partial charge in [0.05, 0.1) is 0 Å². The Kier molecular flexibility index (Phi) is 13.3. The zero-order valence-electron chi connectivity index (χ0n) is 15.8. The van der Waals surface area contributed by atoms with E-state index in [1.807, 2.05) is 41.5 Å². The van der Waals surface area contributed by atoms with Crippen molar-refractivity contribution < 1.29 is 12.6 Å². The largest absolute Gasteiger partial charge is 0.242 e. The second-order valence-electron chi connectivity index (χ2n) is 5.93. The minimum Gasteiger partial charge on any atom is -0.242 e. The van der Waals surface area contributed by atoms with Crippen molar-refractivity contribution in [3.63, 3.8) is 0 Å². The molecule has 24 heavy (non-hydrogen) atoms. The maximum atomic E-state index is 12.5. The van der Waals surface area contributed by atoms with Crippen molar-refractivity contribution in [2.24, 2.45) is 0 Å². The second kappa shape index (κ2) is 12.9. The summed E-state index contributed by atoms with van der Waals surface area (Å²) in [6.45, 7) is 11.8. The van der Waals surface area contributed by atoms with Crippen molar-refractivity contribution in [2.45, 2.75) is 77.7 Å². The van der Waals surface area contributed by atoms with Crippen LogP contribution >= 0.6 is 10.6 Å². The van der Waals surface area contributed by atoms with Gasteiger partial charge in [0.25, 0.3) is 0 Å². The van der Waals surface area contributed by atoms with E-state index in [9.17, 15) is 12.6 Å². The lowest BCUT2D eigenvalue weighted by atomic mass is 10.4. The molecule has 0 rings (SSSR count). The Morgan fingerprint density at radius 1 is 0.833 bits per heavy atom. The monoisotopic (exact) mass is 421 g/mol. The number of rotatable bonds is 14. The van der Waals surface area contributed by atoms with Gasteiger partial charge in [-0.25, -0.2) is 12.6 Å². The van der Waals surface area contributed by atoms with Crippen LogP contribution in [0, 0.1) is 0 Å². The van der Waals surface area contributed by atoms with E-state index in [-0.39, 0.29) is 10.5 Å². The normalized spacial score (nSPS) is 21.0. The molecule has 0 aliphatic carbocycles. The minimum atomic E-state index is -2.17. The fourth-order valence-corrected chi connectivity index (χ4v) is 11.1. The summed E-state index contributed by atoms with van der Waals surface area (Å²) in [6.07, 6.45) is 3.37. The molecule has 0 heterocycles. The predicted molar refractivity (Wildman–Crippen MR) is 111 cm³/mol. The van der Waals surface area contributed by atoms with E-state index >= 15 is 0 Å². The SMILES string of the molecule is CCCCS(=O)NS(NS(=O)CCC)(NS(=O)C(C)C)C(C)CC. The predicted octanol–water partition coefficient (Wildman–Crippen LogP) is 2.71. The standard InChI is InChI=1S/C14H35N3O3S4/c1-7-10-12-22(19)16-24(14(6)9-3,15-21(18)11-8-2)17-23(20)13(4)5/h13-17H,7-12H2,1-6H3. The molecule has 0 aromatic heterocycles. The van der Waals surface area contributed by atoms with Crippen LogP contribution < -0.4 is 12.4 Å². The van der Waals surface area contributed by atoms with Gasteiger partial charge in [0.15, 0.2) is 0 Å². The van der Waals surface area contributed by atoms with Crippen LogP contribution in [0.4, 0.5) is 0 Å². The highest BCUT2D eigenvalue weighted by Crippen LogP contribution is 2.43. The highest BCUT2D eigenvalue weighted by atomic mass is 32.3. The summed E-state index contributed by atoms with van der Waals surface area (Å²) in [4.78, 5) is 0. The number of hydrogen-bond acceptors (Lipinski definition) is 3. The van der Waals surface area contributed by atoms with E-state index in [1.54, 1.807) is 0 Å². The Hall–Kier alpha value is 0.680. The van der Waals surface area contributed by atoms with E-state index < -0.39 is 43.5 Å². The van der Waals surface area contributed by atoms with Crippen molar-refractivity contribution in [3.05, 3.63) is 0 Å². The molecule has 0 amide bonds. The van der Waals surface area contributed by atoms with Gasteiger partial charge < -0.3 is 0 Å². The van der Waals surface area contributed by atoms with Crippen LogP contribution in [0.25, 0.3) is 0 Å². The van der Waals surface area contributed by atoms with E-state index in [2.05, 4.69) is 12.4 Å². The van der Waals surface area contributed by atoms with Gasteiger partial charge in [0, 0.05) is 22.0 Å². The highest BCUT2D eigenvalue weighted by molar-refractivity contribution is 8.39. The van der Waals surface area contributed by atoms with E-state index in [0.29, 0.717) is 11.5 Å². The minimum absolute atomic E-state index is 0.0200. The summed E-state index contributed by atoms with van der Waals surface area (Å²) in [6, 6.07) is 0. The molecule has 6 nitrogen and oxygen atoms in total. The first-order valence-corrected chi connectivity index (χ1v) is 14.1. The summed E-state index contributed by atoms with van der Waals surface area (Å²) < 4.78 is 46.7. The van der Waals surface area contributed by atoms with Crippen molar-refractivity contribution in [3.8, 4) is 0 Å². The summed E-state index contributed by atoms with van der Waals surface area (Å²) in [5.74, 6) is 1.03. The van der Waals surface area contributed by atoms with Gasteiger partial charge in [-0.15, -0.1) is 0 Å². The Labute approximate surface area is 157 Å². The maximum absolute atomic E-state index is 12.5. The molecule has 10 heteroatoms. The van der Waals surface area contributed by atoms with Crippen LogP contribution in [-0.4, -0.2) is 34.6 Å². The third-order valence-corrected chi connectivity index (χ3v) is 12.5. The van der Waals surface area contributed by atoms with Crippen LogP contribution in [0.2, 0.25) is 0 Å². The van der Waals surface area contributed by atoms with Crippen molar-refractivity contribution in [1.29, 1.82) is 0 Å². The summed E-state index contributed by atoms with van der Waals surface area (Å²) in [5, 5.41) is -0.0696. The molecule has 0 bridgehead atoms. The zero-order valence-corrected chi connectivity index (χ0v) is 19.0. The quantitative estimate of drug-likeness (QED) is 0.403. The Bertz CT molecular complexity index is 437. The molecular formula is C14H35N3O3S4. The van der Waals surface area contributed by atoms with Gasteiger partial charge in [-0.2, -0.15) is 12.4 Å². The van der Waals surface area contributed by atoms with Gasteiger partial charge in [-0.05, 0) is 43.7 Å². The van der Waals surface area contributed by atoms with Crippen LogP contribution in [0.3, 0.4) is 0 Å². The van der Waals surface area contributed by atoms with Gasteiger partial charge in [-0.1, -0.05) is 34.1 Å². The molecule has 5 unspecified atom stereocenters. The second-order valence-corrected chi connectivity index (χ2v) is 13.8. The van der Waals surface area contributed by atoms with Gasteiger partial charge >= 0.3 is 0 Å². The van der Waals surface area contributed by atoms with E-state index in [4.69, 9.17) is 0 Å². The average molecular weight is 422 g/mol. The van der Waals surface area contributed by atoms with Gasteiger partial charge in [0.2, 0.25) is 0 Å². The van der Waals surface area contributed by atoms with Crippen LogP contribution in [-0.2, 0) is 33.0 Å². The lowest BCUT2D eigenvalue weighted by Gasteiger charge is -2.44. The molecule has 0 aliphatic heterocycles. The maximum Gasteiger partial charge on any atom is 0.105 e. The smallest absolute Gasteiger partial charge is 0.105 e. The molecule has 0 aromatic carbocycles. The van der Waals surface area contributed by atoms with E-state index in [1.165, 1.54) is 0 Å². The van der Waals surface area contributed by atoms with Crippen molar-refractivity contribution in [2.75, 3.05) is 11.5 Å². The first-order chi connectivity index (χ1) is 11.2. The van der Waals surface area contributed by atoms with Crippen LogP contribution in [0.5, 0.6) is 0 Å². The highest BCUT2D eigenvalue weighted by Gasteiger charge is 2.35. The third kappa shape index (κ3) is 8.86. The molecule has 0 spiro atoms. The number of unbranched alkanes of at least 4 members (excludes halogenated alkanes) is 1. The molecule has 5 atom stereocenters. The van der Waals surface area contributed by atoms with Crippen LogP contribution in [0.15, 0.2) is 0 Å². The lowest BCUT2D eigenvalue weighted by molar-refractivity contribution is 0.673. The molecule has 0 fully saturated rings. The molecule has 148 valence electrons. The molecule has 3 N–H and O–H groups in total. The van der Waals surface area contributed by atoms with Crippen molar-refractivity contribution in [1.82, 2.24) is 12.4 Å². The summed E-state index contributed by atoms with van der Waals surface area (Å²) in [5.41, 5.74) is 0. The summed E-state index contributed by atoms with van der Waals surface area (Å²) >= 11 is 0. The average Bonchev–Trinajstić information content (AvgIpc) is 2.51. The Morgan fingerprint density at radius 2 is 1.38 bits per heavy atom. The Morgan fingerprint density at radius 3 is 1.79 bits per heavy atom. The van der Waals surface area contributed by atoms with Gasteiger partial charge in [-0.3, -0.25) is 0 Å². The fourth-order valence-electron chi connectivity index (χ4n) is 1.61. The van der Waals surface area contributed by atoms with Crippen LogP contribution in [0.1, 0.15) is 67.2 Å². The molecule has 0 radical (unpaired) electrons. The first-order valence-electron chi connectivity index (χ1n) is 8.54. The number of nitrogens with one attached hydrogen (secondary N) is 3. The molecule has 0 aromatic rings. The van der Waals surface area contributed by atoms with E-state index in [0.717, 1.165) is 25.7 Å². The lowest BCUT2D eigenvalue weighted by Crippen LogP contribution is -2.51.